The summed E-state index contributed by atoms with van der Waals surface area (Å²) < 4.78 is 0. The van der Waals surface area contributed by atoms with Crippen LogP contribution < -0.4 is 0 Å². The molecule has 2 rings (SSSR count). The van der Waals surface area contributed by atoms with E-state index in [0.717, 1.165) is 23.7 Å². The SMILES string of the molecule is CC=C[C@H]1CC[C@H](C=CCC[C@H]2CC[C@H](C=CC)CC2)CC1. The van der Waals surface area contributed by atoms with Crippen LogP contribution in [-0.2, 0) is 0 Å². The van der Waals surface area contributed by atoms with Crippen molar-refractivity contribution >= 4 is 0 Å². The topological polar surface area (TPSA) is 0 Å². The second kappa shape index (κ2) is 10.1. The Kier molecular flexibility index (Phi) is 8.05. The Morgan fingerprint density at radius 1 is 0.636 bits per heavy atom. The predicted octanol–water partition coefficient (Wildman–Crippen LogP) is 7.09. The molecule has 0 radical (unpaired) electrons. The minimum Gasteiger partial charge on any atom is -0.0914 e. The fourth-order valence-corrected chi connectivity index (χ4v) is 4.36. The molecule has 0 N–H and O–H groups in total. The Morgan fingerprint density at radius 3 is 1.59 bits per heavy atom. The molecule has 2 aliphatic rings. The van der Waals surface area contributed by atoms with E-state index in [1.54, 1.807) is 0 Å². The van der Waals surface area contributed by atoms with Crippen molar-refractivity contribution in [3.8, 4) is 0 Å². The highest BCUT2D eigenvalue weighted by molar-refractivity contribution is 4.96. The molecule has 0 aromatic rings. The molecule has 2 fully saturated rings. The number of hydrogen-bond acceptors (Lipinski definition) is 0. The summed E-state index contributed by atoms with van der Waals surface area (Å²) in [5, 5.41) is 0. The van der Waals surface area contributed by atoms with Crippen molar-refractivity contribution < 1.29 is 0 Å². The van der Waals surface area contributed by atoms with E-state index in [1.165, 1.54) is 64.2 Å². The summed E-state index contributed by atoms with van der Waals surface area (Å²) in [6, 6.07) is 0. The van der Waals surface area contributed by atoms with Crippen molar-refractivity contribution in [1.82, 2.24) is 0 Å². The van der Waals surface area contributed by atoms with E-state index in [4.69, 9.17) is 0 Å². The average Bonchev–Trinajstić information content (AvgIpc) is 2.55. The van der Waals surface area contributed by atoms with E-state index >= 15 is 0 Å². The van der Waals surface area contributed by atoms with Crippen LogP contribution in [0.1, 0.15) is 78.1 Å². The van der Waals surface area contributed by atoms with Crippen LogP contribution in [0.15, 0.2) is 36.5 Å². The quantitative estimate of drug-likeness (QED) is 0.459. The maximum atomic E-state index is 2.54. The van der Waals surface area contributed by atoms with Crippen LogP contribution in [-0.4, -0.2) is 0 Å². The van der Waals surface area contributed by atoms with Crippen molar-refractivity contribution in [2.45, 2.75) is 78.1 Å². The van der Waals surface area contributed by atoms with E-state index in [1.807, 2.05) is 0 Å². The molecule has 0 amide bonds. The fraction of sp³-hybridized carbons (Fsp3) is 0.727. The second-order valence-electron chi connectivity index (χ2n) is 7.51. The van der Waals surface area contributed by atoms with Gasteiger partial charge in [0, 0.05) is 0 Å². The Bertz CT molecular complexity index is 357. The monoisotopic (exact) mass is 300 g/mol. The minimum atomic E-state index is 0.863. The lowest BCUT2D eigenvalue weighted by atomic mass is 9.79. The molecule has 124 valence electrons. The molecule has 0 bridgehead atoms. The zero-order valence-electron chi connectivity index (χ0n) is 14.8. The van der Waals surface area contributed by atoms with E-state index in [9.17, 15) is 0 Å². The smallest absolute Gasteiger partial charge is 0.0233 e. The van der Waals surface area contributed by atoms with E-state index in [2.05, 4.69) is 50.3 Å². The highest BCUT2D eigenvalue weighted by atomic mass is 14.2. The fourth-order valence-electron chi connectivity index (χ4n) is 4.36. The highest BCUT2D eigenvalue weighted by Crippen LogP contribution is 2.33. The molecule has 0 spiro atoms. The molecule has 0 aromatic heterocycles. The molecule has 0 atom stereocenters. The van der Waals surface area contributed by atoms with Gasteiger partial charge in [0.05, 0.1) is 0 Å². The third-order valence-electron chi connectivity index (χ3n) is 5.79. The minimum absolute atomic E-state index is 0.863. The first kappa shape index (κ1) is 17.6. The third-order valence-corrected chi connectivity index (χ3v) is 5.79. The molecule has 0 aliphatic heterocycles. The van der Waals surface area contributed by atoms with Crippen LogP contribution in [0.5, 0.6) is 0 Å². The van der Waals surface area contributed by atoms with Gasteiger partial charge in [-0.05, 0) is 102 Å². The average molecular weight is 301 g/mol. The summed E-state index contributed by atoms with van der Waals surface area (Å²) in [5.74, 6) is 3.61. The van der Waals surface area contributed by atoms with Crippen molar-refractivity contribution in [2.75, 3.05) is 0 Å². The van der Waals surface area contributed by atoms with Crippen LogP contribution in [0.3, 0.4) is 0 Å². The van der Waals surface area contributed by atoms with Gasteiger partial charge in [-0.2, -0.15) is 0 Å². The number of hydrogen-bond donors (Lipinski definition) is 0. The maximum absolute atomic E-state index is 2.54. The lowest BCUT2D eigenvalue weighted by Crippen LogP contribution is -2.13. The third kappa shape index (κ3) is 6.15. The molecular weight excluding hydrogens is 264 g/mol. The van der Waals surface area contributed by atoms with Gasteiger partial charge in [-0.15, -0.1) is 0 Å². The molecule has 2 saturated carbocycles. The first-order valence-corrected chi connectivity index (χ1v) is 9.74. The highest BCUT2D eigenvalue weighted by Gasteiger charge is 2.19. The molecule has 2 aliphatic carbocycles. The Hall–Kier alpha value is -0.780. The Balaban J connectivity index is 1.57. The molecule has 22 heavy (non-hydrogen) atoms. The molecule has 0 unspecified atom stereocenters. The van der Waals surface area contributed by atoms with Gasteiger partial charge in [-0.3, -0.25) is 0 Å². The lowest BCUT2D eigenvalue weighted by Gasteiger charge is -2.26. The molecule has 0 heterocycles. The summed E-state index contributed by atoms with van der Waals surface area (Å²) in [6.45, 7) is 4.31. The van der Waals surface area contributed by atoms with Gasteiger partial charge in [0.1, 0.15) is 0 Å². The van der Waals surface area contributed by atoms with Crippen molar-refractivity contribution in [3.05, 3.63) is 36.5 Å². The Morgan fingerprint density at radius 2 is 1.09 bits per heavy atom. The number of rotatable bonds is 6. The van der Waals surface area contributed by atoms with Gasteiger partial charge < -0.3 is 0 Å². The maximum Gasteiger partial charge on any atom is -0.0233 e. The van der Waals surface area contributed by atoms with Gasteiger partial charge in [-0.1, -0.05) is 36.5 Å². The summed E-state index contributed by atoms with van der Waals surface area (Å²) in [7, 11) is 0. The van der Waals surface area contributed by atoms with Gasteiger partial charge in [-0.25, -0.2) is 0 Å². The van der Waals surface area contributed by atoms with Gasteiger partial charge in [0.2, 0.25) is 0 Å². The molecule has 0 aromatic carbocycles. The zero-order chi connectivity index (χ0) is 15.6. The van der Waals surface area contributed by atoms with Crippen molar-refractivity contribution in [2.24, 2.45) is 23.7 Å². The zero-order valence-corrected chi connectivity index (χ0v) is 14.8. The van der Waals surface area contributed by atoms with Crippen LogP contribution in [0.4, 0.5) is 0 Å². The molecule has 0 nitrogen and oxygen atoms in total. The second-order valence-corrected chi connectivity index (χ2v) is 7.51. The molecule has 0 heteroatoms. The van der Waals surface area contributed by atoms with Gasteiger partial charge in [0.25, 0.3) is 0 Å². The summed E-state index contributed by atoms with van der Waals surface area (Å²) >= 11 is 0. The molecular formula is C22H36. The van der Waals surface area contributed by atoms with Crippen LogP contribution >= 0.6 is 0 Å². The summed E-state index contributed by atoms with van der Waals surface area (Å²) in [5.41, 5.74) is 0. The summed E-state index contributed by atoms with van der Waals surface area (Å²) in [6.07, 6.45) is 28.4. The van der Waals surface area contributed by atoms with E-state index < -0.39 is 0 Å². The van der Waals surface area contributed by atoms with E-state index in [-0.39, 0.29) is 0 Å². The normalized spacial score (nSPS) is 34.1. The largest absolute Gasteiger partial charge is 0.0914 e. The van der Waals surface area contributed by atoms with Crippen LogP contribution in [0, 0.1) is 23.7 Å². The van der Waals surface area contributed by atoms with Crippen LogP contribution in [0.25, 0.3) is 0 Å². The van der Waals surface area contributed by atoms with Crippen LogP contribution in [0.2, 0.25) is 0 Å². The first-order valence-electron chi connectivity index (χ1n) is 9.74. The van der Waals surface area contributed by atoms with Crippen molar-refractivity contribution in [1.29, 1.82) is 0 Å². The molecule has 0 saturated heterocycles. The van der Waals surface area contributed by atoms with E-state index in [0.29, 0.717) is 0 Å². The summed E-state index contributed by atoms with van der Waals surface area (Å²) in [4.78, 5) is 0. The van der Waals surface area contributed by atoms with Gasteiger partial charge in [0.15, 0.2) is 0 Å². The lowest BCUT2D eigenvalue weighted by molar-refractivity contribution is 0.297. The predicted molar refractivity (Wildman–Crippen MR) is 98.9 cm³/mol. The number of allylic oxidation sites excluding steroid dienone is 6. The Labute approximate surface area is 138 Å². The standard InChI is InChI=1S/C22H36/c1-3-7-19-11-15-21(16-12-19)9-5-6-10-22-17-13-20(8-4-2)14-18-22/h3-5,7-9,19-22H,6,10-18H2,1-2H3/t19-,20-,21-,22-. The first-order chi connectivity index (χ1) is 10.8. The van der Waals surface area contributed by atoms with Gasteiger partial charge >= 0.3 is 0 Å². The van der Waals surface area contributed by atoms with Crippen molar-refractivity contribution in [3.63, 3.8) is 0 Å².